The molecule has 0 amide bonds. The van der Waals surface area contributed by atoms with E-state index in [1.54, 1.807) is 18.2 Å². The number of hydrogen-bond acceptors (Lipinski definition) is 8. The Bertz CT molecular complexity index is 1340. The smallest absolute Gasteiger partial charge is 0.282 e. The van der Waals surface area contributed by atoms with Gasteiger partial charge in [0, 0.05) is 37.1 Å². The molecule has 1 aromatic heterocycles. The van der Waals surface area contributed by atoms with Gasteiger partial charge in [-0.1, -0.05) is 12.1 Å². The lowest BCUT2D eigenvalue weighted by Gasteiger charge is -2.32. The molecule has 3 heterocycles. The molecule has 2 aromatic rings. The molecule has 34 heavy (non-hydrogen) atoms. The molecule has 2 N–H and O–H groups in total. The fourth-order valence-corrected chi connectivity index (χ4v) is 10.6. The van der Waals surface area contributed by atoms with Crippen molar-refractivity contribution < 1.29 is 29.6 Å². The van der Waals surface area contributed by atoms with Crippen molar-refractivity contribution in [2.24, 2.45) is 5.73 Å². The van der Waals surface area contributed by atoms with Crippen LogP contribution in [-0.2, 0) is 36.4 Å². The molecule has 2 saturated heterocycles. The first-order chi connectivity index (χ1) is 15.9. The molecule has 2 fully saturated rings. The summed E-state index contributed by atoms with van der Waals surface area (Å²) in [4.78, 5) is 0.702. The third-order valence-corrected chi connectivity index (χ3v) is 13.3. The minimum Gasteiger partial charge on any atom is -0.326 e. The maximum absolute atomic E-state index is 13.5. The molecule has 0 saturated carbocycles. The highest BCUT2D eigenvalue weighted by Gasteiger charge is 2.45. The summed E-state index contributed by atoms with van der Waals surface area (Å²) in [6.07, 6.45) is 0.241. The van der Waals surface area contributed by atoms with E-state index in [9.17, 15) is 29.6 Å². The molecular formula is C20H26FN3O6S4. The van der Waals surface area contributed by atoms with Crippen LogP contribution in [-0.4, -0.2) is 76.8 Å². The Hall–Kier alpha value is -1.42. The number of thiophene rings is 1. The number of hydrogen-bond donors (Lipinski definition) is 1. The fourth-order valence-electron chi connectivity index (χ4n) is 4.34. The summed E-state index contributed by atoms with van der Waals surface area (Å²) in [7, 11) is -11.2. The van der Waals surface area contributed by atoms with Crippen LogP contribution in [0, 0.1) is 5.82 Å². The predicted molar refractivity (Wildman–Crippen MR) is 128 cm³/mol. The zero-order valence-corrected chi connectivity index (χ0v) is 21.5. The summed E-state index contributed by atoms with van der Waals surface area (Å²) in [5, 5.41) is 0. The molecule has 9 nitrogen and oxygen atoms in total. The van der Waals surface area contributed by atoms with Crippen molar-refractivity contribution in [3.63, 3.8) is 0 Å². The fraction of sp³-hybridized carbons (Fsp3) is 0.500. The van der Waals surface area contributed by atoms with Gasteiger partial charge in [-0.15, -0.1) is 11.3 Å². The number of nitrogens with zero attached hydrogens (tertiary/aromatic N) is 2. The Morgan fingerprint density at radius 1 is 1.03 bits per heavy atom. The Balaban J connectivity index is 1.64. The highest BCUT2D eigenvalue weighted by atomic mass is 32.2. The van der Waals surface area contributed by atoms with Crippen LogP contribution < -0.4 is 5.73 Å². The van der Waals surface area contributed by atoms with E-state index < -0.39 is 47.5 Å². The van der Waals surface area contributed by atoms with E-state index in [1.807, 2.05) is 0 Å². The van der Waals surface area contributed by atoms with Gasteiger partial charge in [-0.25, -0.2) is 21.2 Å². The van der Waals surface area contributed by atoms with Gasteiger partial charge in [0.25, 0.3) is 10.2 Å². The van der Waals surface area contributed by atoms with Crippen LogP contribution >= 0.6 is 11.3 Å². The summed E-state index contributed by atoms with van der Waals surface area (Å²) in [6.45, 7) is -0.121. The van der Waals surface area contributed by atoms with Crippen LogP contribution in [0.25, 0.3) is 0 Å². The van der Waals surface area contributed by atoms with E-state index in [0.717, 1.165) is 15.6 Å². The number of rotatable bonds is 7. The molecule has 0 aliphatic carbocycles. The van der Waals surface area contributed by atoms with Gasteiger partial charge in [-0.2, -0.15) is 17.0 Å². The molecule has 2 aliphatic heterocycles. The van der Waals surface area contributed by atoms with Gasteiger partial charge in [0.1, 0.15) is 10.0 Å². The average Bonchev–Trinajstić information content (AvgIpc) is 3.42. The number of sulfone groups is 2. The third-order valence-electron chi connectivity index (χ3n) is 6.19. The third kappa shape index (κ3) is 5.37. The summed E-state index contributed by atoms with van der Waals surface area (Å²) < 4.78 is 92.7. The van der Waals surface area contributed by atoms with Crippen molar-refractivity contribution in [2.75, 3.05) is 36.9 Å². The summed E-state index contributed by atoms with van der Waals surface area (Å²) >= 11 is 1.06. The van der Waals surface area contributed by atoms with Gasteiger partial charge >= 0.3 is 0 Å². The van der Waals surface area contributed by atoms with E-state index >= 15 is 0 Å². The van der Waals surface area contributed by atoms with E-state index in [-0.39, 0.29) is 54.2 Å². The van der Waals surface area contributed by atoms with Crippen molar-refractivity contribution in [1.29, 1.82) is 0 Å². The zero-order valence-electron chi connectivity index (χ0n) is 18.2. The minimum atomic E-state index is -4.12. The van der Waals surface area contributed by atoms with Gasteiger partial charge in [-0.3, -0.25) is 0 Å². The van der Waals surface area contributed by atoms with Gasteiger partial charge in [-0.05, 0) is 42.2 Å². The Kier molecular flexibility index (Phi) is 7.22. The first-order valence-electron chi connectivity index (χ1n) is 10.7. The second kappa shape index (κ2) is 9.56. The second-order valence-electron chi connectivity index (χ2n) is 8.47. The van der Waals surface area contributed by atoms with Gasteiger partial charge in [0.15, 0.2) is 19.7 Å². The molecule has 2 atom stereocenters. The van der Waals surface area contributed by atoms with Crippen molar-refractivity contribution in [3.8, 4) is 0 Å². The average molecular weight is 552 g/mol. The second-order valence-corrected chi connectivity index (χ2v) is 16.1. The molecule has 1 aromatic carbocycles. The Labute approximate surface area is 203 Å². The predicted octanol–water partition coefficient (Wildman–Crippen LogP) is 0.953. The van der Waals surface area contributed by atoms with Gasteiger partial charge in [0.05, 0.1) is 17.3 Å². The lowest BCUT2D eigenvalue weighted by atomic mass is 9.97. The summed E-state index contributed by atoms with van der Waals surface area (Å²) in [5.41, 5.74) is 6.31. The number of benzene rings is 1. The van der Waals surface area contributed by atoms with E-state index in [2.05, 4.69) is 0 Å². The molecule has 2 unspecified atom stereocenters. The van der Waals surface area contributed by atoms with Gasteiger partial charge in [0.2, 0.25) is 0 Å². The normalized spacial score (nSPS) is 24.4. The molecule has 2 aliphatic rings. The van der Waals surface area contributed by atoms with Gasteiger partial charge < -0.3 is 5.73 Å². The lowest BCUT2D eigenvalue weighted by molar-refractivity contribution is 0.341. The highest BCUT2D eigenvalue weighted by Crippen LogP contribution is 2.37. The Morgan fingerprint density at radius 2 is 1.68 bits per heavy atom. The van der Waals surface area contributed by atoms with E-state index in [0.29, 0.717) is 10.4 Å². The Morgan fingerprint density at radius 3 is 2.26 bits per heavy atom. The molecule has 0 bridgehead atoms. The SMILES string of the molecule is NCc1ccc(S(=O)(=O)CC2CC(c3ccc(F)cc3)CN2S(=O)(=O)N2CCS(=O)(=O)CC2)s1. The van der Waals surface area contributed by atoms with E-state index in [1.165, 1.54) is 22.5 Å². The summed E-state index contributed by atoms with van der Waals surface area (Å²) in [5.74, 6) is -1.72. The standard InChI is InChI=1S/C20H26FN3O6S4/c21-17-3-1-15(2-4-17)16-11-18(14-33(27,28)20-6-5-19(12-22)31-20)24(13-16)34(29,30)23-7-9-32(25,26)10-8-23/h1-6,16,18H,7-14,22H2. The highest BCUT2D eigenvalue weighted by molar-refractivity contribution is 7.93. The molecule has 14 heteroatoms. The molecule has 188 valence electrons. The topological polar surface area (TPSA) is 135 Å². The lowest BCUT2D eigenvalue weighted by Crippen LogP contribution is -2.52. The quantitative estimate of drug-likeness (QED) is 0.541. The van der Waals surface area contributed by atoms with Crippen LogP contribution in [0.1, 0.15) is 22.8 Å². The first-order valence-corrected chi connectivity index (χ1v) is 16.3. The first kappa shape index (κ1) is 25.7. The van der Waals surface area contributed by atoms with Crippen molar-refractivity contribution in [1.82, 2.24) is 8.61 Å². The van der Waals surface area contributed by atoms with Crippen LogP contribution in [0.2, 0.25) is 0 Å². The molecule has 4 rings (SSSR count). The monoisotopic (exact) mass is 551 g/mol. The maximum atomic E-state index is 13.5. The van der Waals surface area contributed by atoms with Crippen LogP contribution in [0.4, 0.5) is 4.39 Å². The largest absolute Gasteiger partial charge is 0.326 e. The number of halogens is 1. The van der Waals surface area contributed by atoms with E-state index in [4.69, 9.17) is 5.73 Å². The van der Waals surface area contributed by atoms with Crippen LogP contribution in [0.15, 0.2) is 40.6 Å². The van der Waals surface area contributed by atoms with Crippen LogP contribution in [0.3, 0.4) is 0 Å². The molecule has 0 spiro atoms. The van der Waals surface area contributed by atoms with Crippen molar-refractivity contribution in [2.45, 2.75) is 29.1 Å². The zero-order chi connectivity index (χ0) is 24.7. The number of nitrogens with two attached hydrogens (primary N) is 1. The molecule has 0 radical (unpaired) electrons. The summed E-state index contributed by atoms with van der Waals surface area (Å²) in [6, 6.07) is 7.97. The van der Waals surface area contributed by atoms with Crippen LogP contribution in [0.5, 0.6) is 0 Å². The molecular weight excluding hydrogens is 526 g/mol. The van der Waals surface area contributed by atoms with Crippen molar-refractivity contribution in [3.05, 3.63) is 52.7 Å². The maximum Gasteiger partial charge on any atom is 0.282 e. The van der Waals surface area contributed by atoms with Crippen molar-refractivity contribution >= 4 is 41.2 Å². The minimum absolute atomic E-state index is 0.0237.